The third kappa shape index (κ3) is 2.94. The Balaban J connectivity index is 1.60. The molecular weight excluding hydrogens is 273 g/mol. The summed E-state index contributed by atoms with van der Waals surface area (Å²) in [4.78, 5) is 6.08. The quantitative estimate of drug-likeness (QED) is 0.883. The van der Waals surface area contributed by atoms with Crippen LogP contribution in [0.25, 0.3) is 0 Å². The normalized spacial score (nSPS) is 16.6. The van der Waals surface area contributed by atoms with E-state index in [4.69, 9.17) is 5.73 Å². The van der Waals surface area contributed by atoms with Crippen LogP contribution >= 0.6 is 11.3 Å². The van der Waals surface area contributed by atoms with Gasteiger partial charge < -0.3 is 10.6 Å². The Morgan fingerprint density at radius 3 is 2.60 bits per heavy atom. The lowest BCUT2D eigenvalue weighted by Crippen LogP contribution is -2.46. The van der Waals surface area contributed by atoms with Gasteiger partial charge in [-0.25, -0.2) is 4.39 Å². The van der Waals surface area contributed by atoms with Gasteiger partial charge in [-0.15, -0.1) is 11.3 Å². The fourth-order valence-electron chi connectivity index (χ4n) is 2.58. The molecule has 20 heavy (non-hydrogen) atoms. The van der Waals surface area contributed by atoms with Crippen LogP contribution in [0.15, 0.2) is 35.7 Å². The van der Waals surface area contributed by atoms with Gasteiger partial charge in [0.1, 0.15) is 5.82 Å². The SMILES string of the molecule is Nc1cc(F)ccc1N1CCN(Cc2cccs2)CC1. The van der Waals surface area contributed by atoms with Crippen molar-refractivity contribution in [2.75, 3.05) is 36.8 Å². The number of piperazine rings is 1. The van der Waals surface area contributed by atoms with Crippen LogP contribution in [0.2, 0.25) is 0 Å². The number of nitrogens with zero attached hydrogens (tertiary/aromatic N) is 2. The smallest absolute Gasteiger partial charge is 0.125 e. The molecule has 1 aliphatic heterocycles. The first-order valence-electron chi connectivity index (χ1n) is 6.77. The molecule has 2 N–H and O–H groups in total. The summed E-state index contributed by atoms with van der Waals surface area (Å²) in [7, 11) is 0. The molecule has 0 atom stereocenters. The molecule has 1 fully saturated rings. The lowest BCUT2D eigenvalue weighted by molar-refractivity contribution is 0.252. The maximum atomic E-state index is 13.1. The van der Waals surface area contributed by atoms with Crippen molar-refractivity contribution in [2.45, 2.75) is 6.54 Å². The number of thiophene rings is 1. The molecule has 1 aromatic heterocycles. The van der Waals surface area contributed by atoms with Crippen LogP contribution in [0.3, 0.4) is 0 Å². The van der Waals surface area contributed by atoms with Crippen LogP contribution < -0.4 is 10.6 Å². The fraction of sp³-hybridized carbons (Fsp3) is 0.333. The topological polar surface area (TPSA) is 32.5 Å². The van der Waals surface area contributed by atoms with Crippen LogP contribution in [0, 0.1) is 5.82 Å². The number of halogens is 1. The number of benzene rings is 1. The van der Waals surface area contributed by atoms with Gasteiger partial charge in [0.25, 0.3) is 0 Å². The molecule has 106 valence electrons. The zero-order valence-corrected chi connectivity index (χ0v) is 12.1. The number of nitrogen functional groups attached to an aromatic ring is 1. The van der Waals surface area contributed by atoms with Gasteiger partial charge in [-0.2, -0.15) is 0 Å². The van der Waals surface area contributed by atoms with Crippen LogP contribution in [0.1, 0.15) is 4.88 Å². The minimum atomic E-state index is -0.275. The Bertz CT molecular complexity index is 563. The highest BCUT2D eigenvalue weighted by Crippen LogP contribution is 2.25. The Morgan fingerprint density at radius 2 is 1.95 bits per heavy atom. The largest absolute Gasteiger partial charge is 0.397 e. The lowest BCUT2D eigenvalue weighted by atomic mass is 10.2. The standard InChI is InChI=1S/C15H18FN3S/c16-12-3-4-15(14(17)10-12)19-7-5-18(6-8-19)11-13-2-1-9-20-13/h1-4,9-10H,5-8,11,17H2. The molecule has 0 spiro atoms. The van der Waals surface area contributed by atoms with Gasteiger partial charge in [0, 0.05) is 37.6 Å². The van der Waals surface area contributed by atoms with Crippen LogP contribution in [0.4, 0.5) is 15.8 Å². The number of anilines is 2. The molecule has 3 nitrogen and oxygen atoms in total. The minimum absolute atomic E-state index is 0.275. The van der Waals surface area contributed by atoms with Gasteiger partial charge >= 0.3 is 0 Å². The van der Waals surface area contributed by atoms with E-state index in [1.165, 1.54) is 17.0 Å². The van der Waals surface area contributed by atoms with E-state index in [-0.39, 0.29) is 5.82 Å². The Labute approximate surface area is 122 Å². The predicted molar refractivity (Wildman–Crippen MR) is 82.6 cm³/mol. The highest BCUT2D eigenvalue weighted by atomic mass is 32.1. The number of hydrogen-bond donors (Lipinski definition) is 1. The molecule has 0 saturated carbocycles. The highest BCUT2D eigenvalue weighted by Gasteiger charge is 2.19. The molecule has 0 radical (unpaired) electrons. The van der Waals surface area contributed by atoms with Crippen molar-refractivity contribution in [3.05, 3.63) is 46.4 Å². The monoisotopic (exact) mass is 291 g/mol. The van der Waals surface area contributed by atoms with E-state index in [0.29, 0.717) is 5.69 Å². The second-order valence-electron chi connectivity index (χ2n) is 5.05. The maximum absolute atomic E-state index is 13.1. The Hall–Kier alpha value is -1.59. The third-order valence-electron chi connectivity index (χ3n) is 3.66. The van der Waals surface area contributed by atoms with Crippen molar-refractivity contribution >= 4 is 22.7 Å². The fourth-order valence-corrected chi connectivity index (χ4v) is 3.33. The van der Waals surface area contributed by atoms with E-state index in [1.807, 2.05) is 0 Å². The van der Waals surface area contributed by atoms with Crippen molar-refractivity contribution in [2.24, 2.45) is 0 Å². The predicted octanol–water partition coefficient (Wildman–Crippen LogP) is 2.79. The van der Waals surface area contributed by atoms with E-state index < -0.39 is 0 Å². The molecule has 2 heterocycles. The molecular formula is C15H18FN3S. The lowest BCUT2D eigenvalue weighted by Gasteiger charge is -2.36. The molecule has 0 aliphatic carbocycles. The zero-order valence-electron chi connectivity index (χ0n) is 11.3. The van der Waals surface area contributed by atoms with Gasteiger partial charge in [-0.05, 0) is 29.6 Å². The van der Waals surface area contributed by atoms with Crippen molar-refractivity contribution in [1.29, 1.82) is 0 Å². The third-order valence-corrected chi connectivity index (χ3v) is 4.52. The summed E-state index contributed by atoms with van der Waals surface area (Å²) in [6.45, 7) is 4.90. The number of rotatable bonds is 3. The number of nitrogens with two attached hydrogens (primary N) is 1. The molecule has 1 saturated heterocycles. The molecule has 1 aromatic carbocycles. The van der Waals surface area contributed by atoms with Crippen LogP contribution in [-0.4, -0.2) is 31.1 Å². The average Bonchev–Trinajstić information content (AvgIpc) is 2.93. The van der Waals surface area contributed by atoms with Crippen molar-refractivity contribution in [3.63, 3.8) is 0 Å². The van der Waals surface area contributed by atoms with Gasteiger partial charge in [0.2, 0.25) is 0 Å². The molecule has 3 rings (SSSR count). The summed E-state index contributed by atoms with van der Waals surface area (Å²) in [5.41, 5.74) is 7.37. The van der Waals surface area contributed by atoms with Crippen LogP contribution in [0.5, 0.6) is 0 Å². The van der Waals surface area contributed by atoms with Crippen LogP contribution in [-0.2, 0) is 6.54 Å². The average molecular weight is 291 g/mol. The summed E-state index contributed by atoms with van der Waals surface area (Å²) in [5, 5.41) is 2.12. The second-order valence-corrected chi connectivity index (χ2v) is 6.08. The van der Waals surface area contributed by atoms with Gasteiger partial charge in [-0.3, -0.25) is 4.90 Å². The maximum Gasteiger partial charge on any atom is 0.125 e. The van der Waals surface area contributed by atoms with Crippen molar-refractivity contribution in [1.82, 2.24) is 4.90 Å². The minimum Gasteiger partial charge on any atom is -0.397 e. The Morgan fingerprint density at radius 1 is 1.15 bits per heavy atom. The zero-order chi connectivity index (χ0) is 13.9. The van der Waals surface area contributed by atoms with E-state index >= 15 is 0 Å². The summed E-state index contributed by atoms with van der Waals surface area (Å²) in [6, 6.07) is 8.92. The summed E-state index contributed by atoms with van der Waals surface area (Å²) in [5.74, 6) is -0.275. The molecule has 5 heteroatoms. The molecule has 0 bridgehead atoms. The Kier molecular flexibility index (Phi) is 3.89. The first-order chi connectivity index (χ1) is 9.72. The molecule has 0 amide bonds. The molecule has 1 aliphatic rings. The van der Waals surface area contributed by atoms with Gasteiger partial charge in [0.15, 0.2) is 0 Å². The summed E-state index contributed by atoms with van der Waals surface area (Å²) >= 11 is 1.80. The van der Waals surface area contributed by atoms with Gasteiger partial charge in [-0.1, -0.05) is 6.07 Å². The highest BCUT2D eigenvalue weighted by molar-refractivity contribution is 7.09. The van der Waals surface area contributed by atoms with E-state index in [0.717, 1.165) is 38.4 Å². The van der Waals surface area contributed by atoms with E-state index in [9.17, 15) is 4.39 Å². The van der Waals surface area contributed by atoms with Crippen molar-refractivity contribution in [3.8, 4) is 0 Å². The molecule has 2 aromatic rings. The van der Waals surface area contributed by atoms with Gasteiger partial charge in [0.05, 0.1) is 11.4 Å². The first kappa shape index (κ1) is 13.4. The van der Waals surface area contributed by atoms with E-state index in [2.05, 4.69) is 27.3 Å². The summed E-state index contributed by atoms with van der Waals surface area (Å²) in [6.07, 6.45) is 0. The summed E-state index contributed by atoms with van der Waals surface area (Å²) < 4.78 is 13.1. The van der Waals surface area contributed by atoms with E-state index in [1.54, 1.807) is 17.4 Å². The number of hydrogen-bond acceptors (Lipinski definition) is 4. The molecule has 0 unspecified atom stereocenters. The first-order valence-corrected chi connectivity index (χ1v) is 7.65. The van der Waals surface area contributed by atoms with Crippen molar-refractivity contribution < 1.29 is 4.39 Å². The second kappa shape index (κ2) is 5.81.